The molecule has 19 heavy (non-hydrogen) atoms. The summed E-state index contributed by atoms with van der Waals surface area (Å²) in [6, 6.07) is 2.96. The normalized spacial score (nSPS) is 12.4. The van der Waals surface area contributed by atoms with Crippen molar-refractivity contribution in [2.45, 2.75) is 39.2 Å². The molecule has 0 amide bonds. The summed E-state index contributed by atoms with van der Waals surface area (Å²) in [5.41, 5.74) is 0.858. The molecule has 0 saturated heterocycles. The zero-order chi connectivity index (χ0) is 14.4. The Morgan fingerprint density at radius 1 is 1.32 bits per heavy atom. The maximum absolute atomic E-state index is 13.9. The first kappa shape index (κ1) is 14.2. The van der Waals surface area contributed by atoms with E-state index in [1.54, 1.807) is 26.1 Å². The van der Waals surface area contributed by atoms with Gasteiger partial charge in [-0.1, -0.05) is 25.4 Å². The summed E-state index contributed by atoms with van der Waals surface area (Å²) in [6.07, 6.45) is 1.55. The molecule has 0 aliphatic heterocycles. The fraction of sp³-hybridized carbons (Fsp3) is 0.400. The van der Waals surface area contributed by atoms with Gasteiger partial charge in [-0.2, -0.15) is 0 Å². The molecule has 0 aliphatic carbocycles. The molecule has 0 bridgehead atoms. The molecule has 102 valence electrons. The Morgan fingerprint density at radius 2 is 1.95 bits per heavy atom. The monoisotopic (exact) mass is 281 g/mol. The highest BCUT2D eigenvalue weighted by Crippen LogP contribution is 2.35. The van der Waals surface area contributed by atoms with E-state index in [1.807, 2.05) is 13.8 Å². The van der Waals surface area contributed by atoms with Gasteiger partial charge in [0, 0.05) is 22.2 Å². The minimum absolute atomic E-state index is 0.129. The van der Waals surface area contributed by atoms with Gasteiger partial charge in [0.25, 0.3) is 0 Å². The summed E-state index contributed by atoms with van der Waals surface area (Å²) >= 11 is 5.94. The van der Waals surface area contributed by atoms with Crippen LogP contribution in [-0.4, -0.2) is 10.1 Å². The molecule has 1 aromatic heterocycles. The molecular formula is C15H17ClFNO. The number of hydrogen-bond donors (Lipinski definition) is 1. The Hall–Kier alpha value is -1.19. The molecule has 1 N–H and O–H groups in total. The number of rotatable bonds is 2. The molecular weight excluding hydrogens is 265 g/mol. The van der Waals surface area contributed by atoms with Crippen LogP contribution in [0.25, 0.3) is 10.9 Å². The number of benzene rings is 1. The van der Waals surface area contributed by atoms with E-state index in [0.717, 1.165) is 5.56 Å². The lowest BCUT2D eigenvalue weighted by Gasteiger charge is -2.24. The quantitative estimate of drug-likeness (QED) is 0.886. The highest BCUT2D eigenvalue weighted by Gasteiger charge is 2.24. The molecule has 0 aliphatic rings. The van der Waals surface area contributed by atoms with Gasteiger partial charge in [0.1, 0.15) is 5.52 Å². The largest absolute Gasteiger partial charge is 0.386 e. The number of nitrogens with zero attached hydrogens (tertiary/aromatic N) is 1. The minimum Gasteiger partial charge on any atom is -0.386 e. The van der Waals surface area contributed by atoms with Crippen LogP contribution in [0.1, 0.15) is 44.7 Å². The van der Waals surface area contributed by atoms with Crippen molar-refractivity contribution >= 4 is 22.5 Å². The first-order valence-corrected chi connectivity index (χ1v) is 6.60. The smallest absolute Gasteiger partial charge is 0.150 e. The van der Waals surface area contributed by atoms with Crippen LogP contribution >= 0.6 is 11.6 Å². The molecule has 4 heteroatoms. The zero-order valence-corrected chi connectivity index (χ0v) is 12.2. The maximum Gasteiger partial charge on any atom is 0.150 e. The van der Waals surface area contributed by atoms with Crippen molar-refractivity contribution in [2.75, 3.05) is 0 Å². The molecule has 1 heterocycles. The van der Waals surface area contributed by atoms with E-state index in [0.29, 0.717) is 21.5 Å². The van der Waals surface area contributed by atoms with E-state index in [2.05, 4.69) is 4.98 Å². The Balaban J connectivity index is 2.92. The number of hydrogen-bond acceptors (Lipinski definition) is 2. The van der Waals surface area contributed by atoms with E-state index in [1.165, 1.54) is 6.07 Å². The number of pyridine rings is 1. The fourth-order valence-electron chi connectivity index (χ4n) is 2.36. The topological polar surface area (TPSA) is 33.1 Å². The summed E-state index contributed by atoms with van der Waals surface area (Å²) in [7, 11) is 0. The molecule has 0 atom stereocenters. The van der Waals surface area contributed by atoms with E-state index in [4.69, 9.17) is 11.6 Å². The van der Waals surface area contributed by atoms with Crippen molar-refractivity contribution in [3.8, 4) is 0 Å². The van der Waals surface area contributed by atoms with Crippen molar-refractivity contribution in [2.24, 2.45) is 0 Å². The van der Waals surface area contributed by atoms with Gasteiger partial charge >= 0.3 is 0 Å². The predicted molar refractivity (Wildman–Crippen MR) is 76.0 cm³/mol. The Labute approximate surface area is 117 Å². The summed E-state index contributed by atoms with van der Waals surface area (Å²) in [5.74, 6) is -0.309. The molecule has 2 rings (SSSR count). The van der Waals surface area contributed by atoms with E-state index >= 15 is 0 Å². The van der Waals surface area contributed by atoms with Gasteiger partial charge in [0.2, 0.25) is 0 Å². The third kappa shape index (κ3) is 2.58. The first-order valence-electron chi connectivity index (χ1n) is 6.22. The molecule has 0 saturated carbocycles. The summed E-state index contributed by atoms with van der Waals surface area (Å²) < 4.78 is 13.9. The fourth-order valence-corrected chi connectivity index (χ4v) is 2.56. The average Bonchev–Trinajstić information content (AvgIpc) is 2.25. The van der Waals surface area contributed by atoms with Gasteiger partial charge in [0.15, 0.2) is 5.82 Å². The number of aromatic nitrogens is 1. The minimum atomic E-state index is -1.03. The van der Waals surface area contributed by atoms with Crippen molar-refractivity contribution in [3.63, 3.8) is 0 Å². The van der Waals surface area contributed by atoms with E-state index in [9.17, 15) is 9.50 Å². The van der Waals surface area contributed by atoms with E-state index < -0.39 is 11.4 Å². The molecule has 0 unspecified atom stereocenters. The van der Waals surface area contributed by atoms with E-state index in [-0.39, 0.29) is 5.92 Å². The standard InChI is InChI=1S/C15H17ClFNO/c1-8(2)13-10-5-9(16)6-12(17)14(10)18-7-11(13)15(3,4)19/h5-8,19H,1-4H3. The van der Waals surface area contributed by atoms with Gasteiger partial charge < -0.3 is 5.11 Å². The van der Waals surface area contributed by atoms with Crippen LogP contribution < -0.4 is 0 Å². The molecule has 1 aromatic carbocycles. The molecule has 2 nitrogen and oxygen atoms in total. The van der Waals surface area contributed by atoms with Crippen LogP contribution in [0.2, 0.25) is 5.02 Å². The van der Waals surface area contributed by atoms with Crippen LogP contribution in [0, 0.1) is 5.82 Å². The van der Waals surface area contributed by atoms with Crippen molar-refractivity contribution in [1.29, 1.82) is 0 Å². The lowest BCUT2D eigenvalue weighted by Crippen LogP contribution is -2.19. The second-order valence-electron chi connectivity index (χ2n) is 5.58. The van der Waals surface area contributed by atoms with Gasteiger partial charge in [-0.25, -0.2) is 4.39 Å². The van der Waals surface area contributed by atoms with Gasteiger partial charge in [-0.3, -0.25) is 4.98 Å². The van der Waals surface area contributed by atoms with Crippen molar-refractivity contribution in [3.05, 3.63) is 40.3 Å². The molecule has 0 fully saturated rings. The third-order valence-corrected chi connectivity index (χ3v) is 3.39. The Bertz CT molecular complexity index is 632. The third-order valence-electron chi connectivity index (χ3n) is 3.17. The van der Waals surface area contributed by atoms with Crippen molar-refractivity contribution in [1.82, 2.24) is 4.98 Å². The van der Waals surface area contributed by atoms with Crippen LogP contribution in [0.5, 0.6) is 0 Å². The summed E-state index contributed by atoms with van der Waals surface area (Å²) in [5, 5.41) is 11.3. The van der Waals surface area contributed by atoms with Crippen molar-refractivity contribution < 1.29 is 9.50 Å². The van der Waals surface area contributed by atoms with Crippen LogP contribution in [0.4, 0.5) is 4.39 Å². The SMILES string of the molecule is CC(C)c1c(C(C)(C)O)cnc2c(F)cc(Cl)cc12. The number of aliphatic hydroxyl groups is 1. The Morgan fingerprint density at radius 3 is 2.47 bits per heavy atom. The van der Waals surface area contributed by atoms with Gasteiger partial charge in [-0.15, -0.1) is 0 Å². The Kier molecular flexibility index (Phi) is 3.54. The number of fused-ring (bicyclic) bond motifs is 1. The highest BCUT2D eigenvalue weighted by molar-refractivity contribution is 6.31. The summed E-state index contributed by atoms with van der Waals surface area (Å²) in [4.78, 5) is 4.14. The lowest BCUT2D eigenvalue weighted by molar-refractivity contribution is 0.0772. The van der Waals surface area contributed by atoms with Crippen LogP contribution in [0.15, 0.2) is 18.3 Å². The lowest BCUT2D eigenvalue weighted by atomic mass is 9.86. The highest BCUT2D eigenvalue weighted by atomic mass is 35.5. The maximum atomic E-state index is 13.9. The van der Waals surface area contributed by atoms with Gasteiger partial charge in [0.05, 0.1) is 5.60 Å². The molecule has 0 spiro atoms. The zero-order valence-electron chi connectivity index (χ0n) is 11.5. The summed E-state index contributed by atoms with van der Waals surface area (Å²) in [6.45, 7) is 7.40. The average molecular weight is 282 g/mol. The van der Waals surface area contributed by atoms with Gasteiger partial charge in [-0.05, 0) is 37.5 Å². The molecule has 2 aromatic rings. The molecule has 0 radical (unpaired) electrons. The van der Waals surface area contributed by atoms with Crippen LogP contribution in [0.3, 0.4) is 0 Å². The number of halogens is 2. The second kappa shape index (κ2) is 4.73. The second-order valence-corrected chi connectivity index (χ2v) is 6.02. The first-order chi connectivity index (χ1) is 8.71. The predicted octanol–water partition coefficient (Wildman–Crippen LogP) is 4.38. The van der Waals surface area contributed by atoms with Crippen LogP contribution in [-0.2, 0) is 5.60 Å².